The number of benzene rings is 2. The second-order valence-electron chi connectivity index (χ2n) is 8.49. The zero-order valence-corrected chi connectivity index (χ0v) is 21.6. The average Bonchev–Trinajstić information content (AvgIpc) is 3.11. The van der Waals surface area contributed by atoms with Crippen LogP contribution in [0.5, 0.6) is 17.2 Å². The van der Waals surface area contributed by atoms with Crippen LogP contribution in [0.3, 0.4) is 0 Å². The molecular formula is C25H27BrN2O4S. The highest BCUT2D eigenvalue weighted by Gasteiger charge is 2.50. The molecule has 0 bridgehead atoms. The highest BCUT2D eigenvalue weighted by Crippen LogP contribution is 2.44. The van der Waals surface area contributed by atoms with Crippen molar-refractivity contribution in [1.29, 1.82) is 0 Å². The van der Waals surface area contributed by atoms with E-state index in [4.69, 9.17) is 31.4 Å². The van der Waals surface area contributed by atoms with Crippen LogP contribution in [0.1, 0.15) is 48.5 Å². The van der Waals surface area contributed by atoms with Gasteiger partial charge in [-0.2, -0.15) is 0 Å². The van der Waals surface area contributed by atoms with Crippen molar-refractivity contribution in [3.63, 3.8) is 0 Å². The predicted octanol–water partition coefficient (Wildman–Crippen LogP) is 5.65. The molecule has 8 heteroatoms. The number of aliphatic imine (C=N–C) groups is 1. The smallest absolute Gasteiger partial charge is 0.261 e. The molecule has 0 radical (unpaired) electrons. The molecule has 0 unspecified atom stereocenters. The highest BCUT2D eigenvalue weighted by atomic mass is 79.9. The number of hydrogen-bond acceptors (Lipinski definition) is 6. The van der Waals surface area contributed by atoms with Crippen LogP contribution < -0.4 is 14.2 Å². The fourth-order valence-electron chi connectivity index (χ4n) is 4.57. The molecule has 33 heavy (non-hydrogen) atoms. The summed E-state index contributed by atoms with van der Waals surface area (Å²) < 4.78 is 17.3. The lowest BCUT2D eigenvalue weighted by atomic mass is 9.82. The molecule has 1 heterocycles. The molecule has 0 atom stereocenters. The van der Waals surface area contributed by atoms with E-state index in [0.717, 1.165) is 35.7 Å². The van der Waals surface area contributed by atoms with Crippen molar-refractivity contribution in [2.75, 3.05) is 21.3 Å². The summed E-state index contributed by atoms with van der Waals surface area (Å²) >= 11 is 9.36. The summed E-state index contributed by atoms with van der Waals surface area (Å²) in [5.74, 6) is 1.66. The SMILES string of the molecule is COc1cc(C(=O)N2C(=S)C(c3ccc(Br)cc3)=NC23CCC(C)CC3)cc(OC)c1OC. The Hall–Kier alpha value is -2.45. The van der Waals surface area contributed by atoms with E-state index in [2.05, 4.69) is 22.9 Å². The Morgan fingerprint density at radius 2 is 1.64 bits per heavy atom. The van der Waals surface area contributed by atoms with E-state index >= 15 is 0 Å². The number of rotatable bonds is 5. The number of methoxy groups -OCH3 is 3. The van der Waals surface area contributed by atoms with Gasteiger partial charge < -0.3 is 14.2 Å². The molecule has 6 nitrogen and oxygen atoms in total. The van der Waals surface area contributed by atoms with Gasteiger partial charge in [-0.1, -0.05) is 47.2 Å². The Labute approximate surface area is 208 Å². The first-order chi connectivity index (χ1) is 15.8. The minimum Gasteiger partial charge on any atom is -0.493 e. The summed E-state index contributed by atoms with van der Waals surface area (Å²) in [5.41, 5.74) is 1.33. The predicted molar refractivity (Wildman–Crippen MR) is 136 cm³/mol. The number of carbonyl (C=O) groups excluding carboxylic acids is 1. The van der Waals surface area contributed by atoms with E-state index < -0.39 is 5.66 Å². The van der Waals surface area contributed by atoms with Crippen LogP contribution in [-0.2, 0) is 0 Å². The number of hydrogen-bond donors (Lipinski definition) is 0. The summed E-state index contributed by atoms with van der Waals surface area (Å²) in [5, 5.41) is 0. The Bertz CT molecular complexity index is 1080. The van der Waals surface area contributed by atoms with Crippen molar-refractivity contribution in [2.45, 2.75) is 38.3 Å². The molecule has 4 rings (SSSR count). The van der Waals surface area contributed by atoms with E-state index in [9.17, 15) is 4.79 Å². The largest absolute Gasteiger partial charge is 0.493 e. The molecule has 0 saturated heterocycles. The number of carbonyl (C=O) groups is 1. The lowest BCUT2D eigenvalue weighted by Gasteiger charge is -2.40. The summed E-state index contributed by atoms with van der Waals surface area (Å²) in [4.78, 5) is 21.3. The van der Waals surface area contributed by atoms with Crippen molar-refractivity contribution >= 4 is 44.8 Å². The molecule has 0 aromatic heterocycles. The lowest BCUT2D eigenvalue weighted by Crippen LogP contribution is -2.51. The van der Waals surface area contributed by atoms with Crippen molar-refractivity contribution in [3.8, 4) is 17.2 Å². The standard InChI is InChI=1S/C25H27BrN2O4S/c1-15-9-11-25(12-10-15)27-21(16-5-7-18(26)8-6-16)24(33)28(25)23(29)17-13-19(30-2)22(32-4)20(14-17)31-3/h5-8,13-15H,9-12H2,1-4H3. The maximum Gasteiger partial charge on any atom is 0.261 e. The first kappa shape index (κ1) is 23.7. The third-order valence-electron chi connectivity index (χ3n) is 6.45. The molecule has 1 aliphatic carbocycles. The van der Waals surface area contributed by atoms with Crippen molar-refractivity contribution in [2.24, 2.45) is 10.9 Å². The fraction of sp³-hybridized carbons (Fsp3) is 0.400. The Morgan fingerprint density at radius 3 is 2.15 bits per heavy atom. The molecule has 1 spiro atoms. The molecule has 1 saturated carbocycles. The molecule has 1 fully saturated rings. The van der Waals surface area contributed by atoms with Gasteiger partial charge in [0.15, 0.2) is 11.5 Å². The summed E-state index contributed by atoms with van der Waals surface area (Å²) in [6, 6.07) is 11.2. The topological polar surface area (TPSA) is 60.4 Å². The first-order valence-corrected chi connectivity index (χ1v) is 12.1. The zero-order valence-electron chi connectivity index (χ0n) is 19.2. The average molecular weight is 531 g/mol. The molecule has 1 aliphatic heterocycles. The van der Waals surface area contributed by atoms with Crippen LogP contribution in [0.2, 0.25) is 0 Å². The molecule has 2 aliphatic rings. The quantitative estimate of drug-likeness (QED) is 0.467. The van der Waals surface area contributed by atoms with Gasteiger partial charge in [-0.15, -0.1) is 0 Å². The fourth-order valence-corrected chi connectivity index (χ4v) is 5.25. The Kier molecular flexibility index (Phi) is 6.77. The van der Waals surface area contributed by atoms with Crippen LogP contribution in [0.4, 0.5) is 0 Å². The van der Waals surface area contributed by atoms with Gasteiger partial charge in [-0.05, 0) is 55.9 Å². The van der Waals surface area contributed by atoms with Gasteiger partial charge in [0.1, 0.15) is 16.4 Å². The van der Waals surface area contributed by atoms with Crippen molar-refractivity contribution in [1.82, 2.24) is 4.90 Å². The van der Waals surface area contributed by atoms with Crippen LogP contribution in [0.25, 0.3) is 0 Å². The monoisotopic (exact) mass is 530 g/mol. The van der Waals surface area contributed by atoms with Crippen LogP contribution in [0, 0.1) is 5.92 Å². The third kappa shape index (κ3) is 4.26. The maximum atomic E-state index is 14.0. The van der Waals surface area contributed by atoms with Crippen LogP contribution in [-0.4, -0.2) is 48.5 Å². The third-order valence-corrected chi connectivity index (χ3v) is 7.35. The van der Waals surface area contributed by atoms with Gasteiger partial charge in [0.2, 0.25) is 5.75 Å². The zero-order chi connectivity index (χ0) is 23.8. The molecule has 2 aromatic rings. The van der Waals surface area contributed by atoms with Gasteiger partial charge in [0.05, 0.1) is 21.3 Å². The van der Waals surface area contributed by atoms with E-state index in [1.807, 2.05) is 24.3 Å². The van der Waals surface area contributed by atoms with E-state index in [1.165, 1.54) is 21.3 Å². The lowest BCUT2D eigenvalue weighted by molar-refractivity contribution is 0.0612. The normalized spacial score (nSPS) is 22.3. The van der Waals surface area contributed by atoms with Gasteiger partial charge in [-0.3, -0.25) is 14.7 Å². The second-order valence-corrected chi connectivity index (χ2v) is 9.79. The van der Waals surface area contributed by atoms with Gasteiger partial charge >= 0.3 is 0 Å². The molecule has 1 amide bonds. The number of thiocarbonyl (C=S) groups is 1. The highest BCUT2D eigenvalue weighted by molar-refractivity contribution is 9.10. The minimum absolute atomic E-state index is 0.218. The molecule has 174 valence electrons. The number of amides is 1. The number of nitrogens with zero attached hydrogens (tertiary/aromatic N) is 2. The van der Waals surface area contributed by atoms with Gasteiger partial charge in [-0.25, -0.2) is 0 Å². The van der Waals surface area contributed by atoms with E-state index in [0.29, 0.717) is 39.4 Å². The number of ether oxygens (including phenoxy) is 3. The summed E-state index contributed by atoms with van der Waals surface area (Å²) in [7, 11) is 4.60. The Balaban J connectivity index is 1.79. The summed E-state index contributed by atoms with van der Waals surface area (Å²) in [6.07, 6.45) is 3.51. The van der Waals surface area contributed by atoms with Gasteiger partial charge in [0.25, 0.3) is 5.91 Å². The summed E-state index contributed by atoms with van der Waals surface area (Å²) in [6.45, 7) is 2.24. The molecule has 2 aromatic carbocycles. The molecular weight excluding hydrogens is 504 g/mol. The van der Waals surface area contributed by atoms with Gasteiger partial charge in [0, 0.05) is 15.6 Å². The van der Waals surface area contributed by atoms with Crippen LogP contribution >= 0.6 is 28.1 Å². The van der Waals surface area contributed by atoms with Crippen LogP contribution in [0.15, 0.2) is 45.9 Å². The van der Waals surface area contributed by atoms with E-state index in [1.54, 1.807) is 17.0 Å². The minimum atomic E-state index is -0.677. The van der Waals surface area contributed by atoms with Crippen molar-refractivity contribution in [3.05, 3.63) is 52.0 Å². The van der Waals surface area contributed by atoms with Crippen molar-refractivity contribution < 1.29 is 19.0 Å². The maximum absolute atomic E-state index is 14.0. The second kappa shape index (κ2) is 9.43. The van der Waals surface area contributed by atoms with E-state index in [-0.39, 0.29) is 5.91 Å². The Morgan fingerprint density at radius 1 is 1.06 bits per heavy atom. The molecule has 0 N–H and O–H groups in total. The first-order valence-electron chi connectivity index (χ1n) is 10.9. The number of halogens is 1.